The van der Waals surface area contributed by atoms with Crippen LogP contribution in [0.2, 0.25) is 0 Å². The van der Waals surface area contributed by atoms with Gasteiger partial charge in [-0.05, 0) is 22.9 Å². The number of alkyl halides is 1. The Kier molecular flexibility index (Phi) is 4.28. The minimum absolute atomic E-state index is 0.169. The monoisotopic (exact) mass is 324 g/mol. The van der Waals surface area contributed by atoms with Crippen molar-refractivity contribution in [3.8, 4) is 0 Å². The van der Waals surface area contributed by atoms with E-state index in [2.05, 4.69) is 36.8 Å². The molecule has 0 saturated carbocycles. The quantitative estimate of drug-likeness (QED) is 0.846. The van der Waals surface area contributed by atoms with Gasteiger partial charge >= 0.3 is 0 Å². The lowest BCUT2D eigenvalue weighted by Gasteiger charge is -2.09. The summed E-state index contributed by atoms with van der Waals surface area (Å²) in [7, 11) is 0. The van der Waals surface area contributed by atoms with E-state index < -0.39 is 6.10 Å². The Labute approximate surface area is 98.2 Å². The van der Waals surface area contributed by atoms with Crippen LogP contribution in [0.1, 0.15) is 5.69 Å². The predicted molar refractivity (Wildman–Crippen MR) is 60.7 cm³/mol. The fraction of sp³-hybridized carbons (Fsp3) is 0.500. The molecule has 1 N–H and O–H groups in total. The maximum atomic E-state index is 11.6. The first-order chi connectivity index (χ1) is 6.56. The van der Waals surface area contributed by atoms with Crippen LogP contribution in [-0.4, -0.2) is 26.1 Å². The highest BCUT2D eigenvalue weighted by atomic mass is 79.9. The van der Waals surface area contributed by atoms with Crippen LogP contribution in [-0.2, 0) is 6.54 Å². The average molecular weight is 326 g/mol. The molecule has 0 saturated heterocycles. The van der Waals surface area contributed by atoms with E-state index in [1.54, 1.807) is 6.92 Å². The van der Waals surface area contributed by atoms with Crippen LogP contribution < -0.4 is 5.56 Å². The van der Waals surface area contributed by atoms with Crippen LogP contribution in [0.25, 0.3) is 0 Å². The minimum Gasteiger partial charge on any atom is -0.390 e. The molecule has 0 aliphatic heterocycles. The first-order valence-electron chi connectivity index (χ1n) is 4.01. The van der Waals surface area contributed by atoms with Crippen LogP contribution >= 0.6 is 31.9 Å². The van der Waals surface area contributed by atoms with Gasteiger partial charge in [-0.2, -0.15) is 0 Å². The van der Waals surface area contributed by atoms with Crippen molar-refractivity contribution in [3.63, 3.8) is 0 Å². The maximum absolute atomic E-state index is 11.6. The molecule has 1 heterocycles. The molecule has 1 unspecified atom stereocenters. The lowest BCUT2D eigenvalue weighted by atomic mass is 10.4. The Morgan fingerprint density at radius 3 is 2.93 bits per heavy atom. The number of halogens is 2. The smallest absolute Gasteiger partial charge is 0.267 e. The number of rotatable bonds is 3. The molecule has 0 fully saturated rings. The topological polar surface area (TPSA) is 55.1 Å². The van der Waals surface area contributed by atoms with Crippen LogP contribution in [0.5, 0.6) is 0 Å². The van der Waals surface area contributed by atoms with E-state index in [1.807, 2.05) is 0 Å². The summed E-state index contributed by atoms with van der Waals surface area (Å²) in [5, 5.41) is 9.78. The maximum Gasteiger partial charge on any atom is 0.267 e. The zero-order valence-electron chi connectivity index (χ0n) is 7.57. The van der Waals surface area contributed by atoms with Gasteiger partial charge in [0.05, 0.1) is 24.7 Å². The summed E-state index contributed by atoms with van der Waals surface area (Å²) in [6, 6.07) is 0. The van der Waals surface area contributed by atoms with E-state index in [-0.39, 0.29) is 12.1 Å². The third-order valence-electron chi connectivity index (χ3n) is 1.74. The van der Waals surface area contributed by atoms with Gasteiger partial charge in [0.2, 0.25) is 0 Å². The Morgan fingerprint density at radius 1 is 1.71 bits per heavy atom. The normalized spacial score (nSPS) is 12.9. The van der Waals surface area contributed by atoms with Crippen molar-refractivity contribution in [2.75, 3.05) is 5.33 Å². The number of hydrogen-bond donors (Lipinski definition) is 1. The van der Waals surface area contributed by atoms with Gasteiger partial charge in [-0.15, -0.1) is 0 Å². The lowest BCUT2D eigenvalue weighted by molar-refractivity contribution is 0.177. The fourth-order valence-electron chi connectivity index (χ4n) is 0.952. The van der Waals surface area contributed by atoms with Crippen LogP contribution in [0.3, 0.4) is 0 Å². The molecule has 0 amide bonds. The molecule has 1 atom stereocenters. The highest BCUT2D eigenvalue weighted by Crippen LogP contribution is 2.06. The summed E-state index contributed by atoms with van der Waals surface area (Å²) in [4.78, 5) is 15.6. The second kappa shape index (κ2) is 5.04. The zero-order chi connectivity index (χ0) is 10.7. The molecule has 0 aliphatic rings. The molecule has 14 heavy (non-hydrogen) atoms. The van der Waals surface area contributed by atoms with Crippen molar-refractivity contribution in [1.82, 2.24) is 9.55 Å². The first-order valence-corrected chi connectivity index (χ1v) is 5.93. The van der Waals surface area contributed by atoms with Crippen molar-refractivity contribution >= 4 is 31.9 Å². The summed E-state index contributed by atoms with van der Waals surface area (Å²) in [5.74, 6) is 0. The van der Waals surface area contributed by atoms with Gasteiger partial charge in [0.15, 0.2) is 0 Å². The number of hydrogen-bond acceptors (Lipinski definition) is 3. The summed E-state index contributed by atoms with van der Waals surface area (Å²) >= 11 is 6.28. The highest BCUT2D eigenvalue weighted by molar-refractivity contribution is 9.10. The number of nitrogens with zero attached hydrogens (tertiary/aromatic N) is 2. The number of aromatic nitrogens is 2. The van der Waals surface area contributed by atoms with Gasteiger partial charge in [-0.1, -0.05) is 15.9 Å². The van der Waals surface area contributed by atoms with E-state index in [4.69, 9.17) is 0 Å². The predicted octanol–water partition coefficient (Wildman–Crippen LogP) is 1.07. The minimum atomic E-state index is -0.580. The van der Waals surface area contributed by atoms with E-state index in [1.165, 1.54) is 10.9 Å². The number of aryl methyl sites for hydroxylation is 1. The molecule has 0 spiro atoms. The van der Waals surface area contributed by atoms with Crippen molar-refractivity contribution in [2.24, 2.45) is 0 Å². The standard InChI is InChI=1S/C8H10Br2N2O2/c1-5-7(10)8(14)12(4-11-5)3-6(13)2-9/h4,6,13H,2-3H2,1H3. The molecule has 6 heteroatoms. The summed E-state index contributed by atoms with van der Waals surface area (Å²) < 4.78 is 1.82. The van der Waals surface area contributed by atoms with Gasteiger partial charge < -0.3 is 5.11 Å². The fourth-order valence-corrected chi connectivity index (χ4v) is 1.49. The second-order valence-corrected chi connectivity index (χ2v) is 4.35. The number of aliphatic hydroxyl groups is 1. The van der Waals surface area contributed by atoms with Crippen molar-refractivity contribution in [2.45, 2.75) is 19.6 Å². The largest absolute Gasteiger partial charge is 0.390 e. The van der Waals surface area contributed by atoms with Crippen LogP contribution in [0.4, 0.5) is 0 Å². The molecular formula is C8H10Br2N2O2. The van der Waals surface area contributed by atoms with Gasteiger partial charge in [0, 0.05) is 5.33 Å². The van der Waals surface area contributed by atoms with Gasteiger partial charge in [0.25, 0.3) is 5.56 Å². The zero-order valence-corrected chi connectivity index (χ0v) is 10.7. The third-order valence-corrected chi connectivity index (χ3v) is 3.40. The molecule has 4 nitrogen and oxygen atoms in total. The van der Waals surface area contributed by atoms with E-state index >= 15 is 0 Å². The van der Waals surface area contributed by atoms with Gasteiger partial charge in [0.1, 0.15) is 4.47 Å². The third kappa shape index (κ3) is 2.65. The van der Waals surface area contributed by atoms with Crippen molar-refractivity contribution in [3.05, 3.63) is 26.8 Å². The second-order valence-electron chi connectivity index (χ2n) is 2.91. The molecule has 0 bridgehead atoms. The average Bonchev–Trinajstić information content (AvgIpc) is 2.19. The molecule has 1 aromatic rings. The Hall–Kier alpha value is -0.200. The van der Waals surface area contributed by atoms with Crippen LogP contribution in [0, 0.1) is 6.92 Å². The van der Waals surface area contributed by atoms with Gasteiger partial charge in [-0.3, -0.25) is 9.36 Å². The van der Waals surface area contributed by atoms with Crippen molar-refractivity contribution in [1.29, 1.82) is 0 Å². The molecule has 0 radical (unpaired) electrons. The van der Waals surface area contributed by atoms with Crippen LogP contribution in [0.15, 0.2) is 15.6 Å². The Morgan fingerprint density at radius 2 is 2.36 bits per heavy atom. The molecule has 78 valence electrons. The molecular weight excluding hydrogens is 316 g/mol. The number of aliphatic hydroxyl groups excluding tert-OH is 1. The molecule has 0 aliphatic carbocycles. The van der Waals surface area contributed by atoms with Crippen molar-refractivity contribution < 1.29 is 5.11 Å². The first kappa shape index (κ1) is 11.9. The van der Waals surface area contributed by atoms with E-state index in [0.29, 0.717) is 15.5 Å². The Balaban J connectivity index is 3.00. The summed E-state index contributed by atoms with van der Waals surface area (Å²) in [5.41, 5.74) is 0.483. The summed E-state index contributed by atoms with van der Waals surface area (Å²) in [6.07, 6.45) is 0.859. The summed E-state index contributed by atoms with van der Waals surface area (Å²) in [6.45, 7) is 1.99. The Bertz CT molecular complexity index is 378. The molecule has 1 rings (SSSR count). The van der Waals surface area contributed by atoms with Gasteiger partial charge in [-0.25, -0.2) is 4.98 Å². The highest BCUT2D eigenvalue weighted by Gasteiger charge is 2.08. The molecule has 1 aromatic heterocycles. The van der Waals surface area contributed by atoms with E-state index in [9.17, 15) is 9.90 Å². The molecule has 0 aromatic carbocycles. The van der Waals surface area contributed by atoms with E-state index in [0.717, 1.165) is 0 Å². The SMILES string of the molecule is Cc1ncn(CC(O)CBr)c(=O)c1Br. The lowest BCUT2D eigenvalue weighted by Crippen LogP contribution is -2.28.